The molecule has 3 aromatic rings. The van der Waals surface area contributed by atoms with E-state index in [1.165, 1.54) is 54.5 Å². The standard InChI is InChI=1S/C35H47NO2Si/c1-35(2,3)39(33-23-15-11-16-24-33,34-25-17-12-18-26-34)38-32(27-29-37)22-14-10-8-6-4-5-7-9-13-20-31-21-19-28-36-30-31/h10-12,14-19,21,23-26,28-30,32H,4-9,13,20,22,27H2,1-3H3/b14-10-/t32-/m0/s1. The van der Waals surface area contributed by atoms with E-state index in [9.17, 15) is 4.79 Å². The van der Waals surface area contributed by atoms with Crippen molar-refractivity contribution in [1.29, 1.82) is 0 Å². The number of benzene rings is 2. The number of aromatic nitrogens is 1. The van der Waals surface area contributed by atoms with E-state index in [0.717, 1.165) is 25.5 Å². The van der Waals surface area contributed by atoms with Gasteiger partial charge in [-0.3, -0.25) is 4.98 Å². The Labute approximate surface area is 237 Å². The van der Waals surface area contributed by atoms with Gasteiger partial charge >= 0.3 is 0 Å². The van der Waals surface area contributed by atoms with Crippen LogP contribution >= 0.6 is 0 Å². The highest BCUT2D eigenvalue weighted by molar-refractivity contribution is 6.99. The lowest BCUT2D eigenvalue weighted by atomic mass is 10.1. The quantitative estimate of drug-likeness (QED) is 0.0756. The summed E-state index contributed by atoms with van der Waals surface area (Å²) in [6.07, 6.45) is 20.2. The van der Waals surface area contributed by atoms with Gasteiger partial charge in [0.15, 0.2) is 0 Å². The molecule has 0 amide bonds. The predicted octanol–water partition coefficient (Wildman–Crippen LogP) is 7.84. The molecule has 0 aliphatic carbocycles. The molecule has 0 aliphatic heterocycles. The summed E-state index contributed by atoms with van der Waals surface area (Å²) < 4.78 is 7.18. The molecule has 0 saturated carbocycles. The van der Waals surface area contributed by atoms with Crippen LogP contribution in [0.5, 0.6) is 0 Å². The minimum absolute atomic E-state index is 0.0987. The first kappa shape index (κ1) is 30.7. The molecule has 1 atom stereocenters. The van der Waals surface area contributed by atoms with E-state index < -0.39 is 8.32 Å². The van der Waals surface area contributed by atoms with Crippen molar-refractivity contribution in [3.05, 3.63) is 103 Å². The molecule has 0 bridgehead atoms. The normalized spacial score (nSPS) is 13.0. The number of aldehydes is 1. The fraction of sp³-hybridized carbons (Fsp3) is 0.429. The highest BCUT2D eigenvalue weighted by atomic mass is 28.4. The van der Waals surface area contributed by atoms with Crippen LogP contribution in [0.25, 0.3) is 0 Å². The summed E-state index contributed by atoms with van der Waals surface area (Å²) in [7, 11) is -2.66. The minimum Gasteiger partial charge on any atom is -0.404 e. The van der Waals surface area contributed by atoms with Gasteiger partial charge in [-0.25, -0.2) is 0 Å². The minimum atomic E-state index is -2.66. The number of rotatable bonds is 17. The summed E-state index contributed by atoms with van der Waals surface area (Å²) in [5, 5.41) is 2.41. The fourth-order valence-electron chi connectivity index (χ4n) is 5.45. The van der Waals surface area contributed by atoms with Crippen molar-refractivity contribution in [2.24, 2.45) is 0 Å². The SMILES string of the molecule is CC(C)(C)[Si](O[C@H](CC=O)C/C=C\CCCCCCCCc1cccnc1)(c1ccccc1)c1ccccc1. The number of carbonyl (C=O) groups excluding carboxylic acids is 1. The molecule has 0 aliphatic rings. The van der Waals surface area contributed by atoms with Gasteiger partial charge in [0.1, 0.15) is 6.29 Å². The third kappa shape index (κ3) is 9.40. The zero-order valence-corrected chi connectivity index (χ0v) is 25.2. The van der Waals surface area contributed by atoms with Crippen molar-refractivity contribution in [2.75, 3.05) is 0 Å². The first-order chi connectivity index (χ1) is 19.0. The molecule has 39 heavy (non-hydrogen) atoms. The first-order valence-corrected chi connectivity index (χ1v) is 16.6. The van der Waals surface area contributed by atoms with E-state index in [1.807, 2.05) is 18.5 Å². The fourth-order valence-corrected chi connectivity index (χ4v) is 10.2. The molecular weight excluding hydrogens is 494 g/mol. The molecule has 0 fully saturated rings. The van der Waals surface area contributed by atoms with Gasteiger partial charge in [-0.1, -0.05) is 125 Å². The summed E-state index contributed by atoms with van der Waals surface area (Å²) in [5.41, 5.74) is 1.34. The monoisotopic (exact) mass is 541 g/mol. The molecule has 1 aromatic heterocycles. The maximum absolute atomic E-state index is 11.7. The smallest absolute Gasteiger partial charge is 0.261 e. The lowest BCUT2D eigenvalue weighted by Gasteiger charge is -2.45. The van der Waals surface area contributed by atoms with Gasteiger partial charge in [-0.15, -0.1) is 0 Å². The average Bonchev–Trinajstić information content (AvgIpc) is 2.95. The molecule has 208 valence electrons. The molecular formula is C35H47NO2Si. The Bertz CT molecular complexity index is 1050. The number of aryl methyl sites for hydroxylation is 1. The highest BCUT2D eigenvalue weighted by Crippen LogP contribution is 2.38. The van der Waals surface area contributed by atoms with Crippen molar-refractivity contribution >= 4 is 25.0 Å². The Morgan fingerprint density at radius 2 is 1.38 bits per heavy atom. The van der Waals surface area contributed by atoms with Crippen LogP contribution < -0.4 is 10.4 Å². The molecule has 0 radical (unpaired) electrons. The van der Waals surface area contributed by atoms with E-state index in [2.05, 4.69) is 105 Å². The van der Waals surface area contributed by atoms with E-state index >= 15 is 0 Å². The summed E-state index contributed by atoms with van der Waals surface area (Å²) in [5.74, 6) is 0. The van der Waals surface area contributed by atoms with Gasteiger partial charge in [0.05, 0.1) is 6.10 Å². The van der Waals surface area contributed by atoms with E-state index in [-0.39, 0.29) is 11.1 Å². The van der Waals surface area contributed by atoms with Crippen LogP contribution in [0.15, 0.2) is 97.3 Å². The van der Waals surface area contributed by atoms with Crippen molar-refractivity contribution in [3.63, 3.8) is 0 Å². The third-order valence-electron chi connectivity index (χ3n) is 7.49. The number of hydrogen-bond donors (Lipinski definition) is 0. The molecule has 4 heteroatoms. The van der Waals surface area contributed by atoms with Crippen LogP contribution in [0, 0.1) is 0 Å². The summed E-state index contributed by atoms with van der Waals surface area (Å²) in [4.78, 5) is 15.9. The Kier molecular flexibility index (Phi) is 12.9. The van der Waals surface area contributed by atoms with Gasteiger partial charge in [-0.05, 0) is 59.1 Å². The van der Waals surface area contributed by atoms with E-state index in [1.54, 1.807) is 0 Å². The lowest BCUT2D eigenvalue weighted by Crippen LogP contribution is -2.67. The number of unbranched alkanes of at least 4 members (excludes halogenated alkanes) is 6. The van der Waals surface area contributed by atoms with Crippen molar-refractivity contribution < 1.29 is 9.22 Å². The van der Waals surface area contributed by atoms with Crippen LogP contribution in [-0.2, 0) is 15.6 Å². The number of carbonyl (C=O) groups is 1. The van der Waals surface area contributed by atoms with Crippen molar-refractivity contribution in [1.82, 2.24) is 4.98 Å². The number of pyridine rings is 1. The number of hydrogen-bond acceptors (Lipinski definition) is 3. The first-order valence-electron chi connectivity index (χ1n) is 14.7. The molecule has 0 N–H and O–H groups in total. The van der Waals surface area contributed by atoms with Gasteiger partial charge in [0, 0.05) is 18.8 Å². The molecule has 0 saturated heterocycles. The molecule has 3 nitrogen and oxygen atoms in total. The van der Waals surface area contributed by atoms with Crippen LogP contribution in [0.1, 0.15) is 84.1 Å². The molecule has 1 heterocycles. The Morgan fingerprint density at radius 1 is 0.769 bits per heavy atom. The second-order valence-corrected chi connectivity index (χ2v) is 15.8. The van der Waals surface area contributed by atoms with E-state index in [4.69, 9.17) is 4.43 Å². The van der Waals surface area contributed by atoms with Crippen LogP contribution in [0.4, 0.5) is 0 Å². The van der Waals surface area contributed by atoms with Gasteiger partial charge in [0.25, 0.3) is 8.32 Å². The van der Waals surface area contributed by atoms with Crippen molar-refractivity contribution in [2.45, 2.75) is 96.1 Å². The van der Waals surface area contributed by atoms with Gasteiger partial charge < -0.3 is 9.22 Å². The average molecular weight is 542 g/mol. The second kappa shape index (κ2) is 16.3. The lowest BCUT2D eigenvalue weighted by molar-refractivity contribution is -0.109. The van der Waals surface area contributed by atoms with E-state index in [0.29, 0.717) is 6.42 Å². The molecule has 0 unspecified atom stereocenters. The molecule has 2 aromatic carbocycles. The molecule has 0 spiro atoms. The Morgan fingerprint density at radius 3 is 1.95 bits per heavy atom. The van der Waals surface area contributed by atoms with Crippen LogP contribution in [0.2, 0.25) is 5.04 Å². The zero-order chi connectivity index (χ0) is 27.8. The summed E-state index contributed by atoms with van der Waals surface area (Å²) in [6, 6.07) is 25.5. The van der Waals surface area contributed by atoms with Gasteiger partial charge in [-0.2, -0.15) is 0 Å². The third-order valence-corrected chi connectivity index (χ3v) is 12.6. The predicted molar refractivity (Wildman–Crippen MR) is 167 cm³/mol. The van der Waals surface area contributed by atoms with Gasteiger partial charge in [0.2, 0.25) is 0 Å². The van der Waals surface area contributed by atoms with Crippen LogP contribution in [0.3, 0.4) is 0 Å². The zero-order valence-electron chi connectivity index (χ0n) is 24.2. The summed E-state index contributed by atoms with van der Waals surface area (Å²) in [6.45, 7) is 6.85. The van der Waals surface area contributed by atoms with Crippen LogP contribution in [-0.4, -0.2) is 25.7 Å². The molecule has 3 rings (SSSR count). The highest BCUT2D eigenvalue weighted by Gasteiger charge is 2.51. The largest absolute Gasteiger partial charge is 0.404 e. The number of allylic oxidation sites excluding steroid dienone is 1. The number of nitrogens with zero attached hydrogens (tertiary/aromatic N) is 1. The Balaban J connectivity index is 1.52. The maximum atomic E-state index is 11.7. The Hall–Kier alpha value is -2.82. The summed E-state index contributed by atoms with van der Waals surface area (Å²) >= 11 is 0. The second-order valence-electron chi connectivity index (χ2n) is 11.5. The van der Waals surface area contributed by atoms with Crippen molar-refractivity contribution in [3.8, 4) is 0 Å². The maximum Gasteiger partial charge on any atom is 0.261 e. The topological polar surface area (TPSA) is 39.2 Å².